The lowest BCUT2D eigenvalue weighted by atomic mass is 10.1. The lowest BCUT2D eigenvalue weighted by Crippen LogP contribution is -2.26. The Morgan fingerprint density at radius 1 is 1.69 bits per heavy atom. The second-order valence-electron chi connectivity index (χ2n) is 4.53. The Morgan fingerprint density at radius 3 is 3.19 bits per heavy atom. The summed E-state index contributed by atoms with van der Waals surface area (Å²) in [5.74, 6) is 0.304. The average molecular weight is 222 g/mol. The molecule has 16 heavy (non-hydrogen) atoms. The van der Waals surface area contributed by atoms with E-state index < -0.39 is 0 Å². The zero-order chi connectivity index (χ0) is 11.2. The van der Waals surface area contributed by atoms with Crippen molar-refractivity contribution in [1.29, 1.82) is 0 Å². The van der Waals surface area contributed by atoms with Crippen molar-refractivity contribution in [3.63, 3.8) is 0 Å². The molecule has 2 aliphatic rings. The van der Waals surface area contributed by atoms with Crippen LogP contribution in [0.4, 0.5) is 0 Å². The van der Waals surface area contributed by atoms with Crippen molar-refractivity contribution in [3.8, 4) is 5.88 Å². The molecule has 0 N–H and O–H groups in total. The van der Waals surface area contributed by atoms with Crippen molar-refractivity contribution >= 4 is 5.97 Å². The molecular formula is C11H14N2O3. The van der Waals surface area contributed by atoms with Crippen molar-refractivity contribution in [1.82, 2.24) is 9.78 Å². The molecule has 1 aromatic rings. The minimum Gasteiger partial charge on any atom is -0.477 e. The number of carbonyl (C=O) groups excluding carboxylic acids is 1. The van der Waals surface area contributed by atoms with Crippen LogP contribution in [-0.2, 0) is 11.3 Å². The highest BCUT2D eigenvalue weighted by Gasteiger charge is 2.47. The van der Waals surface area contributed by atoms with Crippen LogP contribution in [0.2, 0.25) is 0 Å². The second-order valence-corrected chi connectivity index (χ2v) is 4.53. The van der Waals surface area contributed by atoms with Crippen molar-refractivity contribution in [2.75, 3.05) is 13.2 Å². The number of aromatic nitrogens is 2. The van der Waals surface area contributed by atoms with Crippen LogP contribution in [0.15, 0.2) is 6.07 Å². The molecule has 86 valence electrons. The van der Waals surface area contributed by atoms with Crippen molar-refractivity contribution in [2.45, 2.75) is 26.3 Å². The standard InChI is InChI=1S/C11H14N2O3/c1-2-15-10(14)8-5-9-13(12-8)6-11(3-4-11)7-16-9/h5H,2-4,6-7H2,1H3. The minimum absolute atomic E-state index is 0.297. The second kappa shape index (κ2) is 3.23. The Hall–Kier alpha value is -1.52. The van der Waals surface area contributed by atoms with Gasteiger partial charge < -0.3 is 9.47 Å². The lowest BCUT2D eigenvalue weighted by Gasteiger charge is -2.22. The highest BCUT2D eigenvalue weighted by molar-refractivity contribution is 5.87. The van der Waals surface area contributed by atoms with Gasteiger partial charge in [0.2, 0.25) is 5.88 Å². The van der Waals surface area contributed by atoms with E-state index in [0.717, 1.165) is 13.2 Å². The Labute approximate surface area is 93.3 Å². The van der Waals surface area contributed by atoms with Crippen molar-refractivity contribution in [3.05, 3.63) is 11.8 Å². The van der Waals surface area contributed by atoms with E-state index in [4.69, 9.17) is 9.47 Å². The summed E-state index contributed by atoms with van der Waals surface area (Å²) in [5, 5.41) is 4.22. The van der Waals surface area contributed by atoms with Crippen LogP contribution < -0.4 is 4.74 Å². The fourth-order valence-electron chi connectivity index (χ4n) is 2.00. The fourth-order valence-corrected chi connectivity index (χ4v) is 2.00. The van der Waals surface area contributed by atoms with E-state index in [1.54, 1.807) is 17.7 Å². The first kappa shape index (κ1) is 9.69. The summed E-state index contributed by atoms with van der Waals surface area (Å²) >= 11 is 0. The highest BCUT2D eigenvalue weighted by Crippen LogP contribution is 2.49. The molecule has 3 rings (SSSR count). The van der Waals surface area contributed by atoms with Crippen LogP contribution in [0.3, 0.4) is 0 Å². The van der Waals surface area contributed by atoms with Gasteiger partial charge in [-0.3, -0.25) is 0 Å². The van der Waals surface area contributed by atoms with E-state index in [-0.39, 0.29) is 5.97 Å². The molecule has 0 bridgehead atoms. The van der Waals surface area contributed by atoms with Crippen LogP contribution in [0, 0.1) is 5.41 Å². The van der Waals surface area contributed by atoms with E-state index in [2.05, 4.69) is 5.10 Å². The summed E-state index contributed by atoms with van der Waals surface area (Å²) in [5.41, 5.74) is 0.639. The summed E-state index contributed by atoms with van der Waals surface area (Å²) in [6.45, 7) is 3.76. The molecule has 5 heteroatoms. The molecule has 0 unspecified atom stereocenters. The van der Waals surface area contributed by atoms with Gasteiger partial charge in [0.25, 0.3) is 0 Å². The fraction of sp³-hybridized carbons (Fsp3) is 0.636. The Kier molecular flexibility index (Phi) is 1.96. The molecule has 1 aromatic heterocycles. The molecule has 0 aromatic carbocycles. The number of carbonyl (C=O) groups is 1. The molecule has 0 atom stereocenters. The van der Waals surface area contributed by atoms with E-state index >= 15 is 0 Å². The number of fused-ring (bicyclic) bond motifs is 1. The summed E-state index contributed by atoms with van der Waals surface area (Å²) in [7, 11) is 0. The van der Waals surface area contributed by atoms with Gasteiger partial charge in [-0.05, 0) is 19.8 Å². The predicted molar refractivity (Wildman–Crippen MR) is 55.3 cm³/mol. The van der Waals surface area contributed by atoms with E-state index in [0.29, 0.717) is 23.6 Å². The first-order chi connectivity index (χ1) is 7.72. The maximum Gasteiger partial charge on any atom is 0.358 e. The Balaban J connectivity index is 1.83. The third-order valence-electron chi connectivity index (χ3n) is 3.20. The van der Waals surface area contributed by atoms with Gasteiger partial charge in [0, 0.05) is 11.5 Å². The van der Waals surface area contributed by atoms with Crippen LogP contribution in [0.5, 0.6) is 5.88 Å². The lowest BCUT2D eigenvalue weighted by molar-refractivity contribution is 0.0518. The van der Waals surface area contributed by atoms with Crippen LogP contribution >= 0.6 is 0 Å². The number of hydrogen-bond acceptors (Lipinski definition) is 4. The summed E-state index contributed by atoms with van der Waals surface area (Å²) < 4.78 is 12.3. The Morgan fingerprint density at radius 2 is 2.50 bits per heavy atom. The van der Waals surface area contributed by atoms with Gasteiger partial charge in [0.05, 0.1) is 19.8 Å². The third-order valence-corrected chi connectivity index (χ3v) is 3.20. The third kappa shape index (κ3) is 1.47. The summed E-state index contributed by atoms with van der Waals surface area (Å²) in [6.07, 6.45) is 2.39. The van der Waals surface area contributed by atoms with Gasteiger partial charge in [0.1, 0.15) is 0 Å². The normalized spacial score (nSPS) is 20.1. The zero-order valence-electron chi connectivity index (χ0n) is 9.23. The number of ether oxygens (including phenoxy) is 2. The first-order valence-electron chi connectivity index (χ1n) is 5.60. The topological polar surface area (TPSA) is 53.4 Å². The minimum atomic E-state index is -0.377. The van der Waals surface area contributed by atoms with Gasteiger partial charge in [-0.1, -0.05) is 0 Å². The molecule has 1 aliphatic heterocycles. The number of hydrogen-bond donors (Lipinski definition) is 0. The molecule has 0 amide bonds. The van der Waals surface area contributed by atoms with Crippen molar-refractivity contribution in [2.24, 2.45) is 5.41 Å². The maximum absolute atomic E-state index is 11.5. The maximum atomic E-state index is 11.5. The van der Waals surface area contributed by atoms with Gasteiger partial charge in [-0.15, -0.1) is 0 Å². The van der Waals surface area contributed by atoms with Crippen LogP contribution in [0.1, 0.15) is 30.3 Å². The predicted octanol–water partition coefficient (Wildman–Crippen LogP) is 1.23. The largest absolute Gasteiger partial charge is 0.477 e. The van der Waals surface area contributed by atoms with Gasteiger partial charge in [-0.25, -0.2) is 9.48 Å². The molecular weight excluding hydrogens is 208 g/mol. The smallest absolute Gasteiger partial charge is 0.358 e. The molecule has 0 saturated heterocycles. The Bertz CT molecular complexity index is 434. The van der Waals surface area contributed by atoms with Gasteiger partial charge in [0.15, 0.2) is 5.69 Å². The zero-order valence-corrected chi connectivity index (χ0v) is 9.23. The summed E-state index contributed by atoms with van der Waals surface area (Å²) in [4.78, 5) is 11.5. The average Bonchev–Trinajstić information content (AvgIpc) is 2.88. The molecule has 1 fully saturated rings. The molecule has 0 radical (unpaired) electrons. The quantitative estimate of drug-likeness (QED) is 0.706. The molecule has 2 heterocycles. The molecule has 1 aliphatic carbocycles. The highest BCUT2D eigenvalue weighted by atomic mass is 16.5. The van der Waals surface area contributed by atoms with Gasteiger partial charge >= 0.3 is 5.97 Å². The van der Waals surface area contributed by atoms with E-state index in [1.165, 1.54) is 12.8 Å². The molecule has 1 spiro atoms. The number of esters is 1. The SMILES string of the molecule is CCOC(=O)c1cc2n(n1)CC1(CC1)CO2. The summed E-state index contributed by atoms with van der Waals surface area (Å²) in [6, 6.07) is 1.66. The molecule has 1 saturated carbocycles. The molecule has 5 nitrogen and oxygen atoms in total. The van der Waals surface area contributed by atoms with E-state index in [9.17, 15) is 4.79 Å². The van der Waals surface area contributed by atoms with E-state index in [1.807, 2.05) is 0 Å². The van der Waals surface area contributed by atoms with Crippen molar-refractivity contribution < 1.29 is 14.3 Å². The van der Waals surface area contributed by atoms with Crippen LogP contribution in [-0.4, -0.2) is 29.0 Å². The number of nitrogens with zero attached hydrogens (tertiary/aromatic N) is 2. The number of rotatable bonds is 2. The monoisotopic (exact) mass is 222 g/mol. The van der Waals surface area contributed by atoms with Gasteiger partial charge in [-0.2, -0.15) is 5.10 Å². The first-order valence-corrected chi connectivity index (χ1v) is 5.60. The van der Waals surface area contributed by atoms with Crippen LogP contribution in [0.25, 0.3) is 0 Å².